The summed E-state index contributed by atoms with van der Waals surface area (Å²) in [5.41, 5.74) is 1.82. The van der Waals surface area contributed by atoms with Gasteiger partial charge in [-0.05, 0) is 31.4 Å². The summed E-state index contributed by atoms with van der Waals surface area (Å²) in [5.74, 6) is 0.179. The molecule has 1 atom stereocenters. The monoisotopic (exact) mass is 188 g/mol. The van der Waals surface area contributed by atoms with E-state index in [0.717, 1.165) is 30.6 Å². The van der Waals surface area contributed by atoms with Crippen molar-refractivity contribution in [2.45, 2.75) is 25.3 Å². The fraction of sp³-hybridized carbons (Fsp3) is 0.455. The van der Waals surface area contributed by atoms with Gasteiger partial charge in [-0.15, -0.1) is 0 Å². The maximum atomic E-state index is 11.9. The van der Waals surface area contributed by atoms with Crippen LogP contribution in [0.1, 0.15) is 41.4 Å². The lowest BCUT2D eigenvalue weighted by Crippen LogP contribution is -2.32. The minimum absolute atomic E-state index is 0.179. The first-order valence-corrected chi connectivity index (χ1v) is 5.14. The van der Waals surface area contributed by atoms with Crippen LogP contribution in [-0.2, 0) is 0 Å². The summed E-state index contributed by atoms with van der Waals surface area (Å²) < 4.78 is 0. The molecule has 0 radical (unpaired) electrons. The van der Waals surface area contributed by atoms with Crippen molar-refractivity contribution in [3.05, 3.63) is 29.6 Å². The second-order valence-electron chi connectivity index (χ2n) is 3.95. The summed E-state index contributed by atoms with van der Waals surface area (Å²) in [6, 6.07) is 4.01. The third-order valence-corrected chi connectivity index (χ3v) is 3.15. The largest absolute Gasteiger partial charge is 0.330 e. The molecule has 0 N–H and O–H groups in total. The van der Waals surface area contributed by atoms with Crippen molar-refractivity contribution in [3.8, 4) is 0 Å². The molecule has 1 saturated heterocycles. The van der Waals surface area contributed by atoms with Crippen LogP contribution >= 0.6 is 0 Å². The Morgan fingerprint density at radius 1 is 1.43 bits per heavy atom. The molecule has 0 bridgehead atoms. The third kappa shape index (κ3) is 0.924. The minimum atomic E-state index is 0.179. The molecule has 72 valence electrons. The fourth-order valence-corrected chi connectivity index (χ4v) is 2.48. The fourth-order valence-electron chi connectivity index (χ4n) is 2.48. The van der Waals surface area contributed by atoms with E-state index in [1.165, 1.54) is 6.42 Å². The van der Waals surface area contributed by atoms with Crippen LogP contribution in [0.15, 0.2) is 18.3 Å². The van der Waals surface area contributed by atoms with Crippen LogP contribution in [0.4, 0.5) is 0 Å². The molecule has 1 aromatic heterocycles. The number of fused-ring (bicyclic) bond motifs is 3. The molecule has 3 heterocycles. The molecule has 3 nitrogen and oxygen atoms in total. The van der Waals surface area contributed by atoms with Gasteiger partial charge in [0.1, 0.15) is 0 Å². The Labute approximate surface area is 82.8 Å². The van der Waals surface area contributed by atoms with E-state index in [1.54, 1.807) is 6.20 Å². The molecule has 14 heavy (non-hydrogen) atoms. The highest BCUT2D eigenvalue weighted by Gasteiger charge is 2.38. The average Bonchev–Trinajstić information content (AvgIpc) is 2.55. The van der Waals surface area contributed by atoms with E-state index in [0.29, 0.717) is 0 Å². The summed E-state index contributed by atoms with van der Waals surface area (Å²) in [6.07, 6.45) is 5.21. The molecule has 1 aromatic rings. The van der Waals surface area contributed by atoms with Gasteiger partial charge >= 0.3 is 0 Å². The second-order valence-corrected chi connectivity index (χ2v) is 3.95. The first kappa shape index (κ1) is 7.97. The summed E-state index contributed by atoms with van der Waals surface area (Å²) in [4.78, 5) is 18.2. The zero-order valence-electron chi connectivity index (χ0n) is 7.94. The van der Waals surface area contributed by atoms with Gasteiger partial charge in [0.2, 0.25) is 0 Å². The van der Waals surface area contributed by atoms with Crippen molar-refractivity contribution < 1.29 is 4.79 Å². The van der Waals surface area contributed by atoms with Crippen LogP contribution in [0, 0.1) is 0 Å². The number of rotatable bonds is 0. The number of aromatic nitrogens is 1. The number of carbonyl (C=O) groups is 1. The SMILES string of the molecule is O=C1c2cccnc2C2CCCCN12. The van der Waals surface area contributed by atoms with Gasteiger partial charge in [0.05, 0.1) is 17.3 Å². The molecule has 2 aliphatic heterocycles. The smallest absolute Gasteiger partial charge is 0.256 e. The zero-order valence-corrected chi connectivity index (χ0v) is 7.94. The molecular weight excluding hydrogens is 176 g/mol. The molecule has 0 saturated carbocycles. The molecule has 1 amide bonds. The Morgan fingerprint density at radius 2 is 2.36 bits per heavy atom. The van der Waals surface area contributed by atoms with E-state index in [9.17, 15) is 4.79 Å². The highest BCUT2D eigenvalue weighted by molar-refractivity contribution is 5.98. The Balaban J connectivity index is 2.11. The van der Waals surface area contributed by atoms with Crippen LogP contribution < -0.4 is 0 Å². The lowest BCUT2D eigenvalue weighted by atomic mass is 10.0. The first-order valence-electron chi connectivity index (χ1n) is 5.14. The van der Waals surface area contributed by atoms with E-state index in [1.807, 2.05) is 17.0 Å². The lowest BCUT2D eigenvalue weighted by molar-refractivity contribution is 0.0669. The molecular formula is C11H12N2O. The van der Waals surface area contributed by atoms with Gasteiger partial charge in [-0.3, -0.25) is 9.78 Å². The second kappa shape index (κ2) is 2.80. The van der Waals surface area contributed by atoms with Crippen LogP contribution in [-0.4, -0.2) is 22.3 Å². The van der Waals surface area contributed by atoms with E-state index in [4.69, 9.17) is 0 Å². The number of amides is 1. The maximum Gasteiger partial charge on any atom is 0.256 e. The van der Waals surface area contributed by atoms with Crippen molar-refractivity contribution in [1.29, 1.82) is 0 Å². The van der Waals surface area contributed by atoms with E-state index in [-0.39, 0.29) is 11.9 Å². The molecule has 0 aliphatic carbocycles. The van der Waals surface area contributed by atoms with Gasteiger partial charge in [0.25, 0.3) is 5.91 Å². The number of nitrogens with zero attached hydrogens (tertiary/aromatic N) is 2. The molecule has 2 aliphatic rings. The Kier molecular flexibility index (Phi) is 1.60. The lowest BCUT2D eigenvalue weighted by Gasteiger charge is -2.29. The summed E-state index contributed by atoms with van der Waals surface area (Å²) in [5, 5.41) is 0. The summed E-state index contributed by atoms with van der Waals surface area (Å²) in [6.45, 7) is 0.903. The van der Waals surface area contributed by atoms with Crippen molar-refractivity contribution in [2.24, 2.45) is 0 Å². The van der Waals surface area contributed by atoms with E-state index < -0.39 is 0 Å². The van der Waals surface area contributed by atoms with Gasteiger partial charge in [-0.2, -0.15) is 0 Å². The zero-order chi connectivity index (χ0) is 9.54. The van der Waals surface area contributed by atoms with Crippen molar-refractivity contribution in [1.82, 2.24) is 9.88 Å². The van der Waals surface area contributed by atoms with Crippen LogP contribution in [0.5, 0.6) is 0 Å². The number of hydrogen-bond donors (Lipinski definition) is 0. The molecule has 1 fully saturated rings. The van der Waals surface area contributed by atoms with Crippen LogP contribution in [0.2, 0.25) is 0 Å². The number of carbonyl (C=O) groups excluding carboxylic acids is 1. The molecule has 3 rings (SSSR count). The average molecular weight is 188 g/mol. The quantitative estimate of drug-likeness (QED) is 0.621. The van der Waals surface area contributed by atoms with Crippen LogP contribution in [0.3, 0.4) is 0 Å². The van der Waals surface area contributed by atoms with Gasteiger partial charge in [-0.1, -0.05) is 0 Å². The van der Waals surface area contributed by atoms with Gasteiger partial charge in [0.15, 0.2) is 0 Å². The standard InChI is InChI=1S/C11H12N2O/c14-11-8-4-3-6-12-10(8)9-5-1-2-7-13(9)11/h3-4,6,9H,1-2,5,7H2. The molecule has 0 aromatic carbocycles. The topological polar surface area (TPSA) is 33.2 Å². The highest BCUT2D eigenvalue weighted by atomic mass is 16.2. The molecule has 1 unspecified atom stereocenters. The normalized spacial score (nSPS) is 24.7. The molecule has 3 heteroatoms. The van der Waals surface area contributed by atoms with E-state index in [2.05, 4.69) is 4.98 Å². The Morgan fingerprint density at radius 3 is 3.29 bits per heavy atom. The van der Waals surface area contributed by atoms with Crippen molar-refractivity contribution in [2.75, 3.05) is 6.54 Å². The highest BCUT2D eigenvalue weighted by Crippen LogP contribution is 2.38. The maximum absolute atomic E-state index is 11.9. The van der Waals surface area contributed by atoms with Crippen molar-refractivity contribution >= 4 is 5.91 Å². The summed E-state index contributed by atoms with van der Waals surface area (Å²) in [7, 11) is 0. The summed E-state index contributed by atoms with van der Waals surface area (Å²) >= 11 is 0. The first-order chi connectivity index (χ1) is 6.88. The predicted molar refractivity (Wildman–Crippen MR) is 51.9 cm³/mol. The minimum Gasteiger partial charge on any atom is -0.330 e. The number of piperidine rings is 1. The predicted octanol–water partition coefficient (Wildman–Crippen LogP) is 1.76. The van der Waals surface area contributed by atoms with Gasteiger partial charge < -0.3 is 4.90 Å². The Hall–Kier alpha value is -1.38. The van der Waals surface area contributed by atoms with Gasteiger partial charge in [0, 0.05) is 12.7 Å². The van der Waals surface area contributed by atoms with Crippen molar-refractivity contribution in [3.63, 3.8) is 0 Å². The number of pyridine rings is 1. The van der Waals surface area contributed by atoms with E-state index >= 15 is 0 Å². The third-order valence-electron chi connectivity index (χ3n) is 3.15. The van der Waals surface area contributed by atoms with Crippen LogP contribution in [0.25, 0.3) is 0 Å². The Bertz CT molecular complexity index is 389. The molecule has 0 spiro atoms. The van der Waals surface area contributed by atoms with Gasteiger partial charge in [-0.25, -0.2) is 0 Å². The number of hydrogen-bond acceptors (Lipinski definition) is 2.